The lowest BCUT2D eigenvalue weighted by Gasteiger charge is -2.12. The maximum absolute atomic E-state index is 12.4. The molecule has 1 fully saturated rings. The number of aromatic amines is 2. The lowest BCUT2D eigenvalue weighted by molar-refractivity contribution is -0.117. The summed E-state index contributed by atoms with van der Waals surface area (Å²) in [6.07, 6.45) is 3.78. The van der Waals surface area contributed by atoms with E-state index in [1.807, 2.05) is 25.1 Å². The van der Waals surface area contributed by atoms with Gasteiger partial charge in [0.15, 0.2) is 5.82 Å². The number of benzene rings is 1. The Morgan fingerprint density at radius 3 is 2.68 bits per heavy atom. The average Bonchev–Trinajstić information content (AvgIpc) is 3.22. The predicted octanol–water partition coefficient (Wildman–Crippen LogP) is 1.90. The van der Waals surface area contributed by atoms with E-state index in [0.29, 0.717) is 17.4 Å². The quantitative estimate of drug-likeness (QED) is 0.660. The van der Waals surface area contributed by atoms with Crippen LogP contribution < -0.4 is 11.0 Å². The van der Waals surface area contributed by atoms with Crippen LogP contribution >= 0.6 is 0 Å². The van der Waals surface area contributed by atoms with Gasteiger partial charge in [0.25, 0.3) is 0 Å². The zero-order valence-electron chi connectivity index (χ0n) is 13.7. The van der Waals surface area contributed by atoms with Crippen molar-refractivity contribution in [1.82, 2.24) is 25.0 Å². The largest absolute Gasteiger partial charge is 0.347 e. The number of aromatic nitrogens is 5. The summed E-state index contributed by atoms with van der Waals surface area (Å²) in [4.78, 5) is 24.0. The fraction of sp³-hybridized carbons (Fsp3) is 0.294. The van der Waals surface area contributed by atoms with Gasteiger partial charge in [0.2, 0.25) is 5.91 Å². The first-order valence-electron chi connectivity index (χ1n) is 8.20. The lowest BCUT2D eigenvalue weighted by Crippen LogP contribution is -2.19. The molecule has 1 amide bonds. The number of carbonyl (C=O) groups is 1. The van der Waals surface area contributed by atoms with Gasteiger partial charge in [-0.3, -0.25) is 9.89 Å². The standard InChI is InChI=1S/C17H18N6O2/c1-10(16(24)19-15-8-14(20-21-15)12-2-3-12)11-4-6-13(7-5-11)23-9-18-22-17(23)25/h4-10,12H,2-3H2,1H3,(H,22,25)(H2,19,20,21,24). The molecule has 0 saturated heterocycles. The van der Waals surface area contributed by atoms with E-state index in [1.54, 1.807) is 12.1 Å². The molecule has 4 rings (SSSR count). The topological polar surface area (TPSA) is 108 Å². The molecule has 1 saturated carbocycles. The zero-order valence-corrected chi connectivity index (χ0v) is 13.7. The van der Waals surface area contributed by atoms with Crippen LogP contribution in [0.2, 0.25) is 0 Å². The Bertz CT molecular complexity index is 948. The van der Waals surface area contributed by atoms with Gasteiger partial charge in [-0.1, -0.05) is 12.1 Å². The van der Waals surface area contributed by atoms with Crippen LogP contribution in [0.4, 0.5) is 5.82 Å². The number of hydrogen-bond acceptors (Lipinski definition) is 4. The molecule has 3 aromatic rings. The SMILES string of the molecule is CC(C(=O)Nc1cc(C2CC2)[nH]n1)c1ccc(-n2cn[nH]c2=O)cc1. The molecule has 1 unspecified atom stereocenters. The summed E-state index contributed by atoms with van der Waals surface area (Å²) in [7, 11) is 0. The Balaban J connectivity index is 1.45. The number of rotatable bonds is 5. The van der Waals surface area contributed by atoms with E-state index in [9.17, 15) is 9.59 Å². The second-order valence-corrected chi connectivity index (χ2v) is 6.32. The summed E-state index contributed by atoms with van der Waals surface area (Å²) in [5, 5.41) is 16.0. The fourth-order valence-corrected chi connectivity index (χ4v) is 2.75. The Kier molecular flexibility index (Phi) is 3.72. The van der Waals surface area contributed by atoms with Crippen molar-refractivity contribution in [3.05, 3.63) is 58.4 Å². The van der Waals surface area contributed by atoms with Gasteiger partial charge >= 0.3 is 5.69 Å². The van der Waals surface area contributed by atoms with Crippen molar-refractivity contribution in [3.63, 3.8) is 0 Å². The molecular weight excluding hydrogens is 320 g/mol. The summed E-state index contributed by atoms with van der Waals surface area (Å²) in [5.41, 5.74) is 2.33. The minimum Gasteiger partial charge on any atom is -0.309 e. The Labute approximate surface area is 143 Å². The van der Waals surface area contributed by atoms with Crippen molar-refractivity contribution in [3.8, 4) is 5.69 Å². The molecule has 25 heavy (non-hydrogen) atoms. The van der Waals surface area contributed by atoms with Gasteiger partial charge in [-0.15, -0.1) is 0 Å². The summed E-state index contributed by atoms with van der Waals surface area (Å²) in [6, 6.07) is 9.14. The number of nitrogens with zero attached hydrogens (tertiary/aromatic N) is 3. The number of hydrogen-bond donors (Lipinski definition) is 3. The van der Waals surface area contributed by atoms with Crippen molar-refractivity contribution in [2.45, 2.75) is 31.6 Å². The highest BCUT2D eigenvalue weighted by Crippen LogP contribution is 2.39. The van der Waals surface area contributed by atoms with E-state index in [1.165, 1.54) is 23.7 Å². The second kappa shape index (κ2) is 6.04. The molecule has 128 valence electrons. The van der Waals surface area contributed by atoms with Gasteiger partial charge < -0.3 is 5.32 Å². The van der Waals surface area contributed by atoms with Crippen molar-refractivity contribution in [2.75, 3.05) is 5.32 Å². The molecule has 2 heterocycles. The highest BCUT2D eigenvalue weighted by molar-refractivity contribution is 5.94. The fourth-order valence-electron chi connectivity index (χ4n) is 2.75. The third-order valence-corrected chi connectivity index (χ3v) is 4.48. The van der Waals surface area contributed by atoms with Crippen molar-refractivity contribution < 1.29 is 4.79 Å². The normalized spacial score (nSPS) is 15.1. The molecule has 0 radical (unpaired) electrons. The molecule has 2 aromatic heterocycles. The Hall–Kier alpha value is -3.16. The van der Waals surface area contributed by atoms with Crippen LogP contribution in [0.25, 0.3) is 5.69 Å². The summed E-state index contributed by atoms with van der Waals surface area (Å²) >= 11 is 0. The monoisotopic (exact) mass is 338 g/mol. The maximum atomic E-state index is 12.4. The molecule has 1 atom stereocenters. The number of H-pyrrole nitrogens is 2. The third kappa shape index (κ3) is 3.10. The molecule has 3 N–H and O–H groups in total. The number of anilines is 1. The van der Waals surface area contributed by atoms with Crippen LogP contribution in [-0.4, -0.2) is 30.9 Å². The zero-order chi connectivity index (χ0) is 17.4. The van der Waals surface area contributed by atoms with E-state index in [0.717, 1.165) is 11.3 Å². The van der Waals surface area contributed by atoms with E-state index in [4.69, 9.17) is 0 Å². The number of nitrogens with one attached hydrogen (secondary N) is 3. The van der Waals surface area contributed by atoms with Crippen LogP contribution in [0.1, 0.15) is 42.9 Å². The average molecular weight is 338 g/mol. The van der Waals surface area contributed by atoms with Gasteiger partial charge in [0, 0.05) is 17.7 Å². The van der Waals surface area contributed by atoms with E-state index >= 15 is 0 Å². The van der Waals surface area contributed by atoms with E-state index in [-0.39, 0.29) is 17.5 Å². The number of carbonyl (C=O) groups excluding carboxylic acids is 1. The third-order valence-electron chi connectivity index (χ3n) is 4.48. The van der Waals surface area contributed by atoms with Crippen molar-refractivity contribution in [2.24, 2.45) is 0 Å². The molecule has 8 nitrogen and oxygen atoms in total. The Morgan fingerprint density at radius 1 is 1.28 bits per heavy atom. The summed E-state index contributed by atoms with van der Waals surface area (Å²) in [6.45, 7) is 1.84. The van der Waals surface area contributed by atoms with Crippen LogP contribution in [0.15, 0.2) is 41.5 Å². The molecule has 0 aliphatic heterocycles. The molecule has 0 bridgehead atoms. The van der Waals surface area contributed by atoms with Crippen LogP contribution in [0, 0.1) is 0 Å². The first-order chi connectivity index (χ1) is 12.1. The van der Waals surface area contributed by atoms with Crippen LogP contribution in [-0.2, 0) is 4.79 Å². The molecule has 1 aromatic carbocycles. The van der Waals surface area contributed by atoms with E-state index in [2.05, 4.69) is 25.7 Å². The van der Waals surface area contributed by atoms with Gasteiger partial charge in [0.1, 0.15) is 6.33 Å². The molecule has 1 aliphatic carbocycles. The number of amides is 1. The highest BCUT2D eigenvalue weighted by Gasteiger charge is 2.26. The molecule has 8 heteroatoms. The van der Waals surface area contributed by atoms with Gasteiger partial charge in [-0.2, -0.15) is 10.2 Å². The Morgan fingerprint density at radius 2 is 2.04 bits per heavy atom. The van der Waals surface area contributed by atoms with Gasteiger partial charge in [-0.05, 0) is 37.5 Å². The minimum atomic E-state index is -0.337. The highest BCUT2D eigenvalue weighted by atomic mass is 16.2. The van der Waals surface area contributed by atoms with Gasteiger partial charge in [-0.25, -0.2) is 14.5 Å². The van der Waals surface area contributed by atoms with Crippen LogP contribution in [0.3, 0.4) is 0 Å². The van der Waals surface area contributed by atoms with Gasteiger partial charge in [0.05, 0.1) is 11.6 Å². The summed E-state index contributed by atoms with van der Waals surface area (Å²) in [5.74, 6) is 0.660. The smallest absolute Gasteiger partial charge is 0.309 e. The summed E-state index contributed by atoms with van der Waals surface area (Å²) < 4.78 is 1.40. The predicted molar refractivity (Wildman–Crippen MR) is 91.8 cm³/mol. The maximum Gasteiger partial charge on any atom is 0.347 e. The second-order valence-electron chi connectivity index (χ2n) is 6.32. The van der Waals surface area contributed by atoms with E-state index < -0.39 is 0 Å². The van der Waals surface area contributed by atoms with Crippen molar-refractivity contribution in [1.29, 1.82) is 0 Å². The first kappa shape index (κ1) is 15.4. The minimum absolute atomic E-state index is 0.123. The first-order valence-corrected chi connectivity index (χ1v) is 8.20. The van der Waals surface area contributed by atoms with Crippen LogP contribution in [0.5, 0.6) is 0 Å². The molecule has 0 spiro atoms. The molecule has 1 aliphatic rings. The molecular formula is C17H18N6O2. The lowest BCUT2D eigenvalue weighted by atomic mass is 10.00. The van der Waals surface area contributed by atoms with Crippen molar-refractivity contribution >= 4 is 11.7 Å².